The number of nitrogens with one attached hydrogen (secondary N) is 7. The number of carboxylic acids is 1. The molecule has 2 aromatic carbocycles. The van der Waals surface area contributed by atoms with E-state index in [0.29, 0.717) is 75.2 Å². The van der Waals surface area contributed by atoms with Gasteiger partial charge in [-0.1, -0.05) is 26.7 Å². The Morgan fingerprint density at radius 3 is 1.43 bits per heavy atom. The zero-order valence-electron chi connectivity index (χ0n) is 52.9. The highest BCUT2D eigenvalue weighted by Gasteiger charge is 2.39. The molecule has 26 nitrogen and oxygen atoms in total. The molecule has 3 saturated heterocycles. The van der Waals surface area contributed by atoms with Crippen LogP contribution in [0.4, 0.5) is 29.3 Å². The van der Waals surface area contributed by atoms with Gasteiger partial charge in [0.2, 0.25) is 10.0 Å². The molecule has 91 heavy (non-hydrogen) atoms. The number of H-pyrrole nitrogens is 2. The Balaban J connectivity index is 0.000000333. The Kier molecular flexibility index (Phi) is 32.0. The molecular weight excluding hydrogens is 1260 g/mol. The van der Waals surface area contributed by atoms with Gasteiger partial charge >= 0.3 is 18.2 Å². The zero-order chi connectivity index (χ0) is 68.4. The standard InChI is InChI=1S/C23H33N5O5S.C17H21ClN4O4S.C11H21NO3.C6H13NO.C2HF3O2/c1-4-7-18(24)20-21(25-3)23(30)27-22(26-20)17-12-16(9-10-19(17)33-5-2)34(31,32)28-13-15(14-28)8-6-11-29;1-4-6-12(19)14-15(20-3)17(23)22-16(21-14)11-9-10(27(18,24)25)7-8-13(11)26-5-2;1-11(2,3)15-10(14)12-7-9(8-12)5-4-6-13;8-3-1-2-6-4-7-5-6;3-2(4,5)1(6)7/h9-10,12,15,24-25,29H,4-8,11,13-14H2,1-3H3,(H,26,27,30);7-9,19-20H,4-6H2,1-3H3,(H,21,22,23);9,13H,4-8H2,1-3H3;6-8H,1-5H2;(H,6,7). The van der Waals surface area contributed by atoms with Gasteiger partial charge in [0.1, 0.15) is 51.5 Å². The van der Waals surface area contributed by atoms with E-state index in [1.54, 1.807) is 32.0 Å². The summed E-state index contributed by atoms with van der Waals surface area (Å²) in [6.45, 7) is 19.1. The number of halogens is 4. The summed E-state index contributed by atoms with van der Waals surface area (Å²) >= 11 is 0. The number of hydrogen-bond acceptors (Lipinski definition) is 21. The fourth-order valence-electron chi connectivity index (χ4n) is 9.07. The molecule has 0 bridgehead atoms. The average molecular weight is 1350 g/mol. The Morgan fingerprint density at radius 2 is 1.09 bits per heavy atom. The highest BCUT2D eigenvalue weighted by molar-refractivity contribution is 8.13. The summed E-state index contributed by atoms with van der Waals surface area (Å²) in [5.41, 5.74) is 0.502. The van der Waals surface area contributed by atoms with Gasteiger partial charge in [0.25, 0.3) is 20.2 Å². The molecule has 0 spiro atoms. The van der Waals surface area contributed by atoms with Crippen LogP contribution in [0.25, 0.3) is 22.8 Å². The van der Waals surface area contributed by atoms with E-state index in [1.165, 1.54) is 54.1 Å². The fourth-order valence-corrected chi connectivity index (χ4v) is 11.5. The van der Waals surface area contributed by atoms with Crippen LogP contribution in [-0.4, -0.2) is 188 Å². The lowest BCUT2D eigenvalue weighted by Crippen LogP contribution is -2.51. The molecule has 7 rings (SSSR count). The summed E-state index contributed by atoms with van der Waals surface area (Å²) < 4.78 is 99.4. The number of aliphatic carboxylic acids is 1. The third kappa shape index (κ3) is 24.4. The molecule has 0 saturated carbocycles. The summed E-state index contributed by atoms with van der Waals surface area (Å²) in [4.78, 5) is 61.6. The van der Waals surface area contributed by atoms with Crippen LogP contribution in [0.15, 0.2) is 55.8 Å². The van der Waals surface area contributed by atoms with Gasteiger partial charge in [-0.15, -0.1) is 0 Å². The summed E-state index contributed by atoms with van der Waals surface area (Å²) in [7, 11) is 0.886. The number of carbonyl (C=O) groups excluding carboxylic acids is 1. The average Bonchev–Trinajstić information content (AvgIpc) is 0.820. The number of sulfonamides is 1. The first-order valence-corrected chi connectivity index (χ1v) is 33.6. The Labute approximate surface area is 533 Å². The van der Waals surface area contributed by atoms with Crippen molar-refractivity contribution >= 4 is 64.6 Å². The molecule has 3 fully saturated rings. The number of aromatic amines is 2. The lowest BCUT2D eigenvalue weighted by molar-refractivity contribution is -0.192. The monoisotopic (exact) mass is 1350 g/mol. The summed E-state index contributed by atoms with van der Waals surface area (Å²) in [5, 5.41) is 58.5. The number of carboxylic acid groups (broad SMARTS) is 1. The number of ether oxygens (including phenoxy) is 3. The Bertz CT molecular complexity index is 3390. The number of alkyl halides is 3. The van der Waals surface area contributed by atoms with Gasteiger partial charge in [-0.3, -0.25) is 9.59 Å². The van der Waals surface area contributed by atoms with Gasteiger partial charge < -0.3 is 76.3 Å². The second kappa shape index (κ2) is 37.1. The van der Waals surface area contributed by atoms with Crippen molar-refractivity contribution in [2.75, 3.05) is 97.0 Å². The van der Waals surface area contributed by atoms with E-state index in [2.05, 4.69) is 35.9 Å². The number of aromatic nitrogens is 4. The highest BCUT2D eigenvalue weighted by atomic mass is 35.7. The SMILES string of the molecule is CC(C)(C)OC(=O)N1CC(CCCO)C1.CCCC(=N)c1nc(-c2cc(S(=O)(=O)Cl)ccc2OCC)[nH]c(=O)c1NC.CCCC(=N)c1nc(-c2cc(S(=O)(=O)N3CC(CCCO)C3)ccc2OCC)[nH]c(=O)c1NC.O=C(O)C(F)(F)F.OCCCC1CNC1. The van der Waals surface area contributed by atoms with Crippen LogP contribution in [0.5, 0.6) is 11.5 Å². The first-order valence-electron chi connectivity index (χ1n) is 29.9. The molecule has 11 N–H and O–H groups in total. The van der Waals surface area contributed by atoms with Gasteiger partial charge in [0.05, 0.1) is 45.6 Å². The van der Waals surface area contributed by atoms with E-state index < -0.39 is 47.9 Å². The van der Waals surface area contributed by atoms with Crippen molar-refractivity contribution in [1.82, 2.24) is 34.5 Å². The van der Waals surface area contributed by atoms with Gasteiger partial charge in [0, 0.05) is 70.8 Å². The fraction of sp³-hybridized carbons (Fsp3) is 0.593. The lowest BCUT2D eigenvalue weighted by Gasteiger charge is -2.39. The number of aliphatic hydroxyl groups excluding tert-OH is 3. The molecule has 510 valence electrons. The van der Waals surface area contributed by atoms with E-state index in [1.807, 2.05) is 41.5 Å². The second-order valence-electron chi connectivity index (χ2n) is 22.2. The summed E-state index contributed by atoms with van der Waals surface area (Å²) in [6, 6.07) is 8.58. The lowest BCUT2D eigenvalue weighted by atomic mass is 9.95. The number of likely N-dealkylation sites (tertiary alicyclic amines) is 1. The molecule has 2 aromatic heterocycles. The van der Waals surface area contributed by atoms with E-state index in [9.17, 15) is 44.4 Å². The maximum Gasteiger partial charge on any atom is 0.490 e. The molecule has 0 aliphatic carbocycles. The molecule has 3 aliphatic heterocycles. The minimum Gasteiger partial charge on any atom is -0.493 e. The quantitative estimate of drug-likeness (QED) is 0.0212. The van der Waals surface area contributed by atoms with Crippen molar-refractivity contribution in [2.45, 2.75) is 134 Å². The van der Waals surface area contributed by atoms with Crippen LogP contribution in [0.2, 0.25) is 0 Å². The van der Waals surface area contributed by atoms with Crippen LogP contribution < -0.4 is 36.5 Å². The smallest absolute Gasteiger partial charge is 0.490 e. The van der Waals surface area contributed by atoms with E-state index in [4.69, 9.17) is 60.9 Å². The summed E-state index contributed by atoms with van der Waals surface area (Å²) in [5.74, 6) is -0.137. The van der Waals surface area contributed by atoms with Crippen molar-refractivity contribution in [3.63, 3.8) is 0 Å². The van der Waals surface area contributed by atoms with Crippen LogP contribution in [0.1, 0.15) is 124 Å². The molecule has 3 aliphatic rings. The zero-order valence-corrected chi connectivity index (χ0v) is 55.3. The molecule has 5 heterocycles. The predicted octanol–water partition coefficient (Wildman–Crippen LogP) is 7.65. The maximum atomic E-state index is 13.2. The van der Waals surface area contributed by atoms with E-state index >= 15 is 0 Å². The van der Waals surface area contributed by atoms with Crippen LogP contribution >= 0.6 is 10.7 Å². The van der Waals surface area contributed by atoms with E-state index in [-0.39, 0.29) is 86.4 Å². The topological polar surface area (TPSA) is 393 Å². The predicted molar refractivity (Wildman–Crippen MR) is 341 cm³/mol. The number of hydrogen-bond donors (Lipinski definition) is 11. The number of amides is 1. The second-order valence-corrected chi connectivity index (χ2v) is 26.7. The minimum atomic E-state index is -5.08. The maximum absolute atomic E-state index is 13.2. The van der Waals surface area contributed by atoms with Crippen LogP contribution in [0, 0.1) is 28.6 Å². The number of carbonyl (C=O) groups is 2. The molecule has 0 radical (unpaired) electrons. The molecule has 4 aromatic rings. The normalized spacial score (nSPS) is 14.4. The van der Waals surface area contributed by atoms with Crippen molar-refractivity contribution in [3.05, 3.63) is 68.5 Å². The Hall–Kier alpha value is -6.74. The summed E-state index contributed by atoms with van der Waals surface area (Å²) in [6.07, 6.45) is 2.47. The number of aliphatic hydroxyl groups is 3. The molecular formula is C59H89ClF3N11O15S2. The third-order valence-electron chi connectivity index (χ3n) is 13.8. The van der Waals surface area contributed by atoms with Crippen molar-refractivity contribution < 1.29 is 74.2 Å². The first kappa shape index (κ1) is 78.5. The van der Waals surface area contributed by atoms with Crippen molar-refractivity contribution in [1.29, 1.82) is 10.8 Å². The van der Waals surface area contributed by atoms with Gasteiger partial charge in [-0.05, 0) is 153 Å². The molecule has 1 amide bonds. The molecule has 0 unspecified atom stereocenters. The van der Waals surface area contributed by atoms with Gasteiger partial charge in [-0.2, -0.15) is 17.5 Å². The molecule has 32 heteroatoms. The van der Waals surface area contributed by atoms with Crippen LogP contribution in [0.3, 0.4) is 0 Å². The van der Waals surface area contributed by atoms with Crippen molar-refractivity contribution in [3.8, 4) is 34.3 Å². The van der Waals surface area contributed by atoms with Crippen LogP contribution in [-0.2, 0) is 28.6 Å². The number of nitrogens with zero attached hydrogens (tertiary/aromatic N) is 4. The van der Waals surface area contributed by atoms with Gasteiger partial charge in [0.15, 0.2) is 0 Å². The third-order valence-corrected chi connectivity index (χ3v) is 17.0. The Morgan fingerprint density at radius 1 is 0.692 bits per heavy atom. The number of anilines is 2. The first-order chi connectivity index (χ1) is 42.8. The number of rotatable bonds is 26. The highest BCUT2D eigenvalue weighted by Crippen LogP contribution is 2.36. The largest absolute Gasteiger partial charge is 0.493 e. The number of benzene rings is 2. The van der Waals surface area contributed by atoms with Crippen molar-refractivity contribution in [2.24, 2.45) is 17.8 Å². The van der Waals surface area contributed by atoms with E-state index in [0.717, 1.165) is 57.5 Å². The minimum absolute atomic E-state index is 0.0806. The molecule has 0 atom stereocenters. The van der Waals surface area contributed by atoms with Gasteiger partial charge in [-0.25, -0.2) is 36.4 Å².